The lowest BCUT2D eigenvalue weighted by molar-refractivity contribution is -0.128. The van der Waals surface area contributed by atoms with Crippen LogP contribution in [0.2, 0.25) is 0 Å². The van der Waals surface area contributed by atoms with Gasteiger partial charge in [0.2, 0.25) is 5.91 Å². The van der Waals surface area contributed by atoms with E-state index < -0.39 is 0 Å². The number of unbranched alkanes of at least 4 members (excludes halogenated alkanes) is 2. The van der Waals surface area contributed by atoms with Gasteiger partial charge in [-0.2, -0.15) is 0 Å². The Morgan fingerprint density at radius 3 is 2.64 bits per heavy atom. The summed E-state index contributed by atoms with van der Waals surface area (Å²) in [6, 6.07) is 6.51. The molecule has 0 radical (unpaired) electrons. The second-order valence-electron chi connectivity index (χ2n) is 7.00. The number of ether oxygens (including phenoxy) is 1. The van der Waals surface area contributed by atoms with Crippen molar-refractivity contribution in [2.75, 3.05) is 7.11 Å². The number of carbonyl (C=O) groups is 1. The van der Waals surface area contributed by atoms with Gasteiger partial charge in [0.15, 0.2) is 0 Å². The predicted octanol–water partition coefficient (Wildman–Crippen LogP) is 5.41. The number of hydrogen-bond acceptors (Lipinski definition) is 2. The molecule has 3 heteroatoms. The average Bonchev–Trinajstić information content (AvgIpc) is 3.44. The molecule has 1 aromatic carbocycles. The van der Waals surface area contributed by atoms with E-state index in [4.69, 9.17) is 4.74 Å². The minimum absolute atomic E-state index is 0.239. The van der Waals surface area contributed by atoms with Crippen molar-refractivity contribution in [1.82, 2.24) is 4.90 Å². The first-order chi connectivity index (χ1) is 12.1. The Morgan fingerprint density at radius 2 is 2.04 bits per heavy atom. The predicted molar refractivity (Wildman–Crippen MR) is 104 cm³/mol. The molecule has 0 aromatic heterocycles. The third-order valence-electron chi connectivity index (χ3n) is 4.98. The zero-order valence-corrected chi connectivity index (χ0v) is 16.3. The van der Waals surface area contributed by atoms with Gasteiger partial charge in [-0.15, -0.1) is 0 Å². The topological polar surface area (TPSA) is 29.5 Å². The molecule has 0 N–H and O–H groups in total. The fourth-order valence-electron chi connectivity index (χ4n) is 3.28. The minimum atomic E-state index is 0.239. The molecule has 3 nitrogen and oxygen atoms in total. The molecular formula is C22H33NO2. The number of carbonyl (C=O) groups excluding carboxylic acids is 1. The first-order valence-corrected chi connectivity index (χ1v) is 9.74. The van der Waals surface area contributed by atoms with Crippen molar-refractivity contribution in [3.63, 3.8) is 0 Å². The summed E-state index contributed by atoms with van der Waals surface area (Å²) in [4.78, 5) is 15.3. The summed E-state index contributed by atoms with van der Waals surface area (Å²) in [5, 5.41) is 0. The monoisotopic (exact) mass is 343 g/mol. The van der Waals surface area contributed by atoms with Gasteiger partial charge >= 0.3 is 0 Å². The fraction of sp³-hybridized carbons (Fsp3) is 0.591. The molecule has 1 fully saturated rings. The second kappa shape index (κ2) is 9.65. The zero-order valence-electron chi connectivity index (χ0n) is 16.3. The van der Waals surface area contributed by atoms with E-state index >= 15 is 0 Å². The summed E-state index contributed by atoms with van der Waals surface area (Å²) in [6.45, 7) is 7.07. The highest BCUT2D eigenvalue weighted by Gasteiger charge is 2.34. The van der Waals surface area contributed by atoms with E-state index in [0.717, 1.165) is 49.0 Å². The second-order valence-corrected chi connectivity index (χ2v) is 7.00. The van der Waals surface area contributed by atoms with Crippen LogP contribution < -0.4 is 4.74 Å². The largest absolute Gasteiger partial charge is 0.496 e. The van der Waals surface area contributed by atoms with Gasteiger partial charge in [-0.05, 0) is 56.2 Å². The smallest absolute Gasteiger partial charge is 0.250 e. The SMILES string of the molecule is CC/C=C(/CCCCC)C(=O)N(Cc1cccc(OC)c1C)C1CC1. The Hall–Kier alpha value is -1.77. The molecule has 2 rings (SSSR count). The van der Waals surface area contributed by atoms with Crippen molar-refractivity contribution < 1.29 is 9.53 Å². The lowest BCUT2D eigenvalue weighted by Crippen LogP contribution is -2.34. The molecule has 0 bridgehead atoms. The van der Waals surface area contributed by atoms with Gasteiger partial charge in [0.05, 0.1) is 7.11 Å². The van der Waals surface area contributed by atoms with Gasteiger partial charge in [0, 0.05) is 18.2 Å². The Bertz CT molecular complexity index is 602. The maximum atomic E-state index is 13.2. The van der Waals surface area contributed by atoms with Crippen LogP contribution in [0, 0.1) is 6.92 Å². The molecule has 0 saturated heterocycles. The molecule has 1 saturated carbocycles. The van der Waals surface area contributed by atoms with Crippen LogP contribution in [0.15, 0.2) is 29.8 Å². The van der Waals surface area contributed by atoms with Crippen molar-refractivity contribution in [2.45, 2.75) is 78.3 Å². The molecule has 25 heavy (non-hydrogen) atoms. The summed E-state index contributed by atoms with van der Waals surface area (Å²) in [6.07, 6.45) is 9.68. The van der Waals surface area contributed by atoms with Crippen molar-refractivity contribution in [3.8, 4) is 5.75 Å². The maximum Gasteiger partial charge on any atom is 0.250 e. The van der Waals surface area contributed by atoms with Crippen LogP contribution in [0.5, 0.6) is 5.75 Å². The number of hydrogen-bond donors (Lipinski definition) is 0. The van der Waals surface area contributed by atoms with Crippen LogP contribution in [0.1, 0.15) is 69.9 Å². The van der Waals surface area contributed by atoms with E-state index in [-0.39, 0.29) is 5.91 Å². The number of methoxy groups -OCH3 is 1. The van der Waals surface area contributed by atoms with Gasteiger partial charge in [-0.25, -0.2) is 0 Å². The van der Waals surface area contributed by atoms with Gasteiger partial charge in [0.1, 0.15) is 5.75 Å². The highest BCUT2D eigenvalue weighted by Crippen LogP contribution is 2.32. The van der Waals surface area contributed by atoms with Crippen LogP contribution >= 0.6 is 0 Å². The van der Waals surface area contributed by atoms with Crippen LogP contribution in [0.25, 0.3) is 0 Å². The lowest BCUT2D eigenvalue weighted by atomic mass is 10.0. The molecule has 0 heterocycles. The molecule has 1 aliphatic carbocycles. The number of amides is 1. The summed E-state index contributed by atoms with van der Waals surface area (Å²) in [5.74, 6) is 1.13. The molecule has 138 valence electrons. The van der Waals surface area contributed by atoms with Crippen LogP contribution in [0.4, 0.5) is 0 Å². The standard InChI is InChI=1S/C22H33NO2/c1-5-7-8-11-18(10-6-2)22(24)23(20-14-15-20)16-19-12-9-13-21(25-4)17(19)3/h9-10,12-13,20H,5-8,11,14-16H2,1-4H3/b18-10-. The minimum Gasteiger partial charge on any atom is -0.496 e. The Kier molecular flexibility index (Phi) is 7.54. The highest BCUT2D eigenvalue weighted by atomic mass is 16.5. The lowest BCUT2D eigenvalue weighted by Gasteiger charge is -2.25. The quantitative estimate of drug-likeness (QED) is 0.420. The van der Waals surface area contributed by atoms with E-state index in [1.807, 2.05) is 12.1 Å². The summed E-state index contributed by atoms with van der Waals surface area (Å²) in [5.41, 5.74) is 3.32. The normalized spacial score (nSPS) is 14.5. The fourth-order valence-corrected chi connectivity index (χ4v) is 3.28. The Labute approximate surface area is 153 Å². The molecular weight excluding hydrogens is 310 g/mol. The summed E-state index contributed by atoms with van der Waals surface area (Å²) < 4.78 is 5.44. The van der Waals surface area contributed by atoms with Crippen molar-refractivity contribution in [1.29, 1.82) is 0 Å². The van der Waals surface area contributed by atoms with Crippen LogP contribution in [-0.4, -0.2) is 24.0 Å². The molecule has 0 spiro atoms. The Morgan fingerprint density at radius 1 is 1.28 bits per heavy atom. The van der Waals surface area contributed by atoms with Crippen molar-refractivity contribution >= 4 is 5.91 Å². The van der Waals surface area contributed by atoms with Crippen LogP contribution in [0.3, 0.4) is 0 Å². The van der Waals surface area contributed by atoms with Crippen molar-refractivity contribution in [2.24, 2.45) is 0 Å². The highest BCUT2D eigenvalue weighted by molar-refractivity contribution is 5.93. The first-order valence-electron chi connectivity index (χ1n) is 9.74. The van der Waals surface area contributed by atoms with E-state index in [2.05, 4.69) is 37.8 Å². The molecule has 0 aliphatic heterocycles. The molecule has 1 aliphatic rings. The number of rotatable bonds is 10. The van der Waals surface area contributed by atoms with Gasteiger partial charge in [-0.3, -0.25) is 4.79 Å². The zero-order chi connectivity index (χ0) is 18.2. The number of nitrogens with zero attached hydrogens (tertiary/aromatic N) is 1. The summed E-state index contributed by atoms with van der Waals surface area (Å²) >= 11 is 0. The van der Waals surface area contributed by atoms with Gasteiger partial charge in [0.25, 0.3) is 0 Å². The van der Waals surface area contributed by atoms with Crippen LogP contribution in [-0.2, 0) is 11.3 Å². The number of benzene rings is 1. The molecule has 0 atom stereocenters. The van der Waals surface area contributed by atoms with E-state index in [1.54, 1.807) is 7.11 Å². The van der Waals surface area contributed by atoms with E-state index in [9.17, 15) is 4.79 Å². The molecule has 0 unspecified atom stereocenters. The molecule has 1 aromatic rings. The first kappa shape index (κ1) is 19.6. The third kappa shape index (κ3) is 5.35. The Balaban J connectivity index is 2.16. The third-order valence-corrected chi connectivity index (χ3v) is 4.98. The van der Waals surface area contributed by atoms with E-state index in [1.165, 1.54) is 18.4 Å². The number of allylic oxidation sites excluding steroid dienone is 1. The van der Waals surface area contributed by atoms with E-state index in [0.29, 0.717) is 12.6 Å². The van der Waals surface area contributed by atoms with Crippen molar-refractivity contribution in [3.05, 3.63) is 41.0 Å². The van der Waals surface area contributed by atoms with Gasteiger partial charge in [-0.1, -0.05) is 44.9 Å². The van der Waals surface area contributed by atoms with Gasteiger partial charge < -0.3 is 9.64 Å². The average molecular weight is 344 g/mol. The maximum absolute atomic E-state index is 13.2. The summed E-state index contributed by atoms with van der Waals surface area (Å²) in [7, 11) is 1.70. The molecule has 1 amide bonds.